The number of ether oxygens (including phenoxy) is 6. The second-order valence-electron chi connectivity index (χ2n) is 7.59. The van der Waals surface area contributed by atoms with Crippen molar-refractivity contribution in [1.29, 1.82) is 0 Å². The second kappa shape index (κ2) is 11.1. The first-order valence-corrected chi connectivity index (χ1v) is 9.84. The van der Waals surface area contributed by atoms with E-state index in [1.54, 1.807) is 39.0 Å². The highest BCUT2D eigenvalue weighted by molar-refractivity contribution is 5.93. The van der Waals surface area contributed by atoms with E-state index in [0.29, 0.717) is 22.8 Å². The van der Waals surface area contributed by atoms with Crippen molar-refractivity contribution in [2.24, 2.45) is 5.10 Å². The number of amides is 1. The summed E-state index contributed by atoms with van der Waals surface area (Å²) in [6, 6.07) is 7.75. The van der Waals surface area contributed by atoms with Crippen molar-refractivity contribution in [3.63, 3.8) is 0 Å². The van der Waals surface area contributed by atoms with Crippen LogP contribution in [-0.4, -0.2) is 52.3 Å². The molecule has 0 saturated heterocycles. The molecule has 0 aromatic heterocycles. The number of hydrogen-bond donors (Lipinski definition) is 1. The Hall–Kier alpha value is -3.95. The molecule has 0 spiro atoms. The fraction of sp³-hybridized carbons (Fsp3) is 0.348. The second-order valence-corrected chi connectivity index (χ2v) is 7.59. The lowest BCUT2D eigenvalue weighted by molar-refractivity contribution is 0.0529. The molecular formula is C23H28N2O8. The van der Waals surface area contributed by atoms with E-state index in [1.807, 2.05) is 0 Å². The number of nitrogens with one attached hydrogen (secondary N) is 1. The van der Waals surface area contributed by atoms with Crippen LogP contribution in [0.25, 0.3) is 0 Å². The zero-order valence-electron chi connectivity index (χ0n) is 19.7. The van der Waals surface area contributed by atoms with Gasteiger partial charge in [-0.25, -0.2) is 15.0 Å². The Balaban J connectivity index is 2.18. The maximum atomic E-state index is 12.7. The lowest BCUT2D eigenvalue weighted by Gasteiger charge is -2.18. The maximum absolute atomic E-state index is 12.7. The first kappa shape index (κ1) is 25.3. The molecule has 33 heavy (non-hydrogen) atoms. The highest BCUT2D eigenvalue weighted by Crippen LogP contribution is 2.38. The summed E-state index contributed by atoms with van der Waals surface area (Å²) in [5.41, 5.74) is 2.43. The summed E-state index contributed by atoms with van der Waals surface area (Å²) in [7, 11) is 5.81. The Morgan fingerprint density at radius 3 is 1.97 bits per heavy atom. The lowest BCUT2D eigenvalue weighted by Crippen LogP contribution is -2.29. The molecule has 0 heterocycles. The molecular weight excluding hydrogens is 432 g/mol. The van der Waals surface area contributed by atoms with Crippen LogP contribution in [0.15, 0.2) is 35.4 Å². The molecule has 0 aliphatic carbocycles. The molecule has 0 saturated carbocycles. The summed E-state index contributed by atoms with van der Waals surface area (Å²) in [6.07, 6.45) is 0.721. The molecule has 1 amide bonds. The van der Waals surface area contributed by atoms with Gasteiger partial charge in [-0.3, -0.25) is 0 Å². The van der Waals surface area contributed by atoms with Crippen LogP contribution < -0.4 is 29.1 Å². The third-order valence-electron chi connectivity index (χ3n) is 4.06. The van der Waals surface area contributed by atoms with E-state index in [9.17, 15) is 9.59 Å². The fourth-order valence-electron chi connectivity index (χ4n) is 2.67. The number of hydrogen-bond acceptors (Lipinski definition) is 9. The number of hydrazone groups is 1. The molecule has 178 valence electrons. The number of methoxy groups -OCH3 is 4. The zero-order chi connectivity index (χ0) is 24.6. The first-order chi connectivity index (χ1) is 15.6. The molecule has 1 N–H and O–H groups in total. The van der Waals surface area contributed by atoms with Crippen LogP contribution in [0.5, 0.6) is 28.7 Å². The molecule has 10 nitrogen and oxygen atoms in total. The van der Waals surface area contributed by atoms with Crippen LogP contribution in [0.4, 0.5) is 4.79 Å². The molecule has 0 unspecified atom stereocenters. The van der Waals surface area contributed by atoms with Gasteiger partial charge < -0.3 is 28.4 Å². The van der Waals surface area contributed by atoms with Gasteiger partial charge >= 0.3 is 12.1 Å². The Bertz CT molecular complexity index is 1000. The van der Waals surface area contributed by atoms with Crippen LogP contribution >= 0.6 is 0 Å². The molecule has 0 bridgehead atoms. The number of esters is 1. The summed E-state index contributed by atoms with van der Waals surface area (Å²) < 4.78 is 31.7. The van der Waals surface area contributed by atoms with Crippen LogP contribution in [-0.2, 0) is 4.74 Å². The summed E-state index contributed by atoms with van der Waals surface area (Å²) >= 11 is 0. The number of carbonyl (C=O) groups excluding carboxylic acids is 2. The Labute approximate surface area is 192 Å². The predicted octanol–water partition coefficient (Wildman–Crippen LogP) is 3.80. The number of rotatable bonds is 8. The monoisotopic (exact) mass is 460 g/mol. The quantitative estimate of drug-likeness (QED) is 0.274. The molecule has 0 radical (unpaired) electrons. The van der Waals surface area contributed by atoms with E-state index in [0.717, 1.165) is 0 Å². The van der Waals surface area contributed by atoms with E-state index in [1.165, 1.54) is 46.8 Å². The fourth-order valence-corrected chi connectivity index (χ4v) is 2.67. The SMILES string of the molecule is COc1cc(C=NNC(=O)OC(C)(C)C)ccc1OC(=O)c1cc(OC)c(OC)c(OC)c1. The molecule has 0 aliphatic rings. The Morgan fingerprint density at radius 2 is 1.45 bits per heavy atom. The van der Waals surface area contributed by atoms with Crippen molar-refractivity contribution >= 4 is 18.3 Å². The third-order valence-corrected chi connectivity index (χ3v) is 4.06. The molecule has 0 atom stereocenters. The van der Waals surface area contributed by atoms with E-state index in [4.69, 9.17) is 28.4 Å². The zero-order valence-corrected chi connectivity index (χ0v) is 19.7. The van der Waals surface area contributed by atoms with E-state index >= 15 is 0 Å². The van der Waals surface area contributed by atoms with E-state index in [-0.39, 0.29) is 17.1 Å². The van der Waals surface area contributed by atoms with E-state index < -0.39 is 17.7 Å². The molecule has 2 aromatic rings. The Morgan fingerprint density at radius 1 is 0.848 bits per heavy atom. The summed E-state index contributed by atoms with van der Waals surface area (Å²) in [4.78, 5) is 24.4. The maximum Gasteiger partial charge on any atom is 0.428 e. The first-order valence-electron chi connectivity index (χ1n) is 9.84. The molecule has 2 rings (SSSR count). The van der Waals surface area contributed by atoms with Crippen molar-refractivity contribution in [1.82, 2.24) is 5.43 Å². The minimum Gasteiger partial charge on any atom is -0.493 e. The minimum atomic E-state index is -0.679. The van der Waals surface area contributed by atoms with Gasteiger partial charge in [0.1, 0.15) is 5.60 Å². The van der Waals surface area contributed by atoms with Crippen molar-refractivity contribution in [3.8, 4) is 28.7 Å². The highest BCUT2D eigenvalue weighted by atomic mass is 16.6. The number of nitrogens with zero attached hydrogens (tertiary/aromatic N) is 1. The third kappa shape index (κ3) is 7.03. The van der Waals surface area contributed by atoms with Gasteiger partial charge in [0.2, 0.25) is 5.75 Å². The van der Waals surface area contributed by atoms with Crippen molar-refractivity contribution in [2.75, 3.05) is 28.4 Å². The molecule has 0 fully saturated rings. The van der Waals surface area contributed by atoms with Gasteiger partial charge in [-0.1, -0.05) is 0 Å². The van der Waals surface area contributed by atoms with Gasteiger partial charge in [-0.15, -0.1) is 0 Å². The average Bonchev–Trinajstić information content (AvgIpc) is 2.77. The minimum absolute atomic E-state index is 0.188. The topological polar surface area (TPSA) is 114 Å². The molecule has 0 aliphatic heterocycles. The van der Waals surface area contributed by atoms with Crippen molar-refractivity contribution in [2.45, 2.75) is 26.4 Å². The molecule has 10 heteroatoms. The van der Waals surface area contributed by atoms with Crippen LogP contribution in [0, 0.1) is 0 Å². The molecule has 2 aromatic carbocycles. The van der Waals surface area contributed by atoms with Gasteiger partial charge in [0.25, 0.3) is 0 Å². The largest absolute Gasteiger partial charge is 0.493 e. The van der Waals surface area contributed by atoms with E-state index in [2.05, 4.69) is 10.5 Å². The smallest absolute Gasteiger partial charge is 0.428 e. The van der Waals surface area contributed by atoms with Crippen molar-refractivity contribution < 1.29 is 38.0 Å². The predicted molar refractivity (Wildman–Crippen MR) is 121 cm³/mol. The summed E-state index contributed by atoms with van der Waals surface area (Å²) in [6.45, 7) is 5.25. The van der Waals surface area contributed by atoms with Gasteiger partial charge in [0, 0.05) is 0 Å². The van der Waals surface area contributed by atoms with Gasteiger partial charge in [0.15, 0.2) is 23.0 Å². The van der Waals surface area contributed by atoms with Crippen molar-refractivity contribution in [3.05, 3.63) is 41.5 Å². The average molecular weight is 460 g/mol. The van der Waals surface area contributed by atoms with Gasteiger partial charge in [-0.2, -0.15) is 5.10 Å². The summed E-state index contributed by atoms with van der Waals surface area (Å²) in [5, 5.41) is 3.84. The van der Waals surface area contributed by atoms with Gasteiger partial charge in [-0.05, 0) is 56.7 Å². The number of benzene rings is 2. The Kier molecular flexibility index (Phi) is 8.49. The van der Waals surface area contributed by atoms with Crippen LogP contribution in [0.1, 0.15) is 36.7 Å². The van der Waals surface area contributed by atoms with Crippen LogP contribution in [0.2, 0.25) is 0 Å². The number of carbonyl (C=O) groups is 2. The highest BCUT2D eigenvalue weighted by Gasteiger charge is 2.20. The standard InChI is InChI=1S/C23H28N2O8/c1-23(2,3)33-22(27)25-24-13-14-8-9-16(17(10-14)28-4)32-21(26)15-11-18(29-5)20(31-7)19(12-15)30-6/h8-13H,1-7H3,(H,25,27). The normalized spacial score (nSPS) is 11.0. The lowest BCUT2D eigenvalue weighted by atomic mass is 10.1. The summed E-state index contributed by atoms with van der Waals surface area (Å²) in [5.74, 6) is 0.823. The van der Waals surface area contributed by atoms with Gasteiger partial charge in [0.05, 0.1) is 40.2 Å². The van der Waals surface area contributed by atoms with Crippen LogP contribution in [0.3, 0.4) is 0 Å².